The normalized spacial score (nSPS) is 14.8. The maximum atomic E-state index is 13.2. The molecule has 2 aromatic carbocycles. The fourth-order valence-electron chi connectivity index (χ4n) is 2.34. The number of benzene rings is 2. The van der Waals surface area contributed by atoms with Crippen LogP contribution in [0.15, 0.2) is 42.5 Å². The van der Waals surface area contributed by atoms with Crippen molar-refractivity contribution in [3.05, 3.63) is 71.0 Å². The van der Waals surface area contributed by atoms with Crippen LogP contribution in [0, 0.1) is 17.5 Å². The SMILES string of the molecule is CC(C(=O)NC(C)C(O)c1ccc(F)c(F)c1)c1cccc(F)c1. The van der Waals surface area contributed by atoms with Crippen LogP contribution < -0.4 is 5.32 Å². The second-order valence-corrected chi connectivity index (χ2v) is 5.69. The summed E-state index contributed by atoms with van der Waals surface area (Å²) >= 11 is 0. The molecule has 0 aliphatic carbocycles. The van der Waals surface area contributed by atoms with Crippen molar-refractivity contribution in [1.29, 1.82) is 0 Å². The van der Waals surface area contributed by atoms with Crippen LogP contribution in [0.5, 0.6) is 0 Å². The first-order chi connectivity index (χ1) is 11.3. The van der Waals surface area contributed by atoms with Crippen molar-refractivity contribution in [2.45, 2.75) is 31.9 Å². The Morgan fingerprint density at radius 3 is 2.33 bits per heavy atom. The fourth-order valence-corrected chi connectivity index (χ4v) is 2.34. The van der Waals surface area contributed by atoms with Gasteiger partial charge in [0, 0.05) is 0 Å². The molecule has 3 nitrogen and oxygen atoms in total. The summed E-state index contributed by atoms with van der Waals surface area (Å²) in [5, 5.41) is 12.8. The maximum Gasteiger partial charge on any atom is 0.227 e. The fraction of sp³-hybridized carbons (Fsp3) is 0.278. The number of carbonyl (C=O) groups excluding carboxylic acids is 1. The van der Waals surface area contributed by atoms with Crippen molar-refractivity contribution in [3.8, 4) is 0 Å². The average Bonchev–Trinajstić information content (AvgIpc) is 2.55. The van der Waals surface area contributed by atoms with Crippen molar-refractivity contribution in [1.82, 2.24) is 5.32 Å². The quantitative estimate of drug-likeness (QED) is 0.878. The highest BCUT2D eigenvalue weighted by atomic mass is 19.2. The lowest BCUT2D eigenvalue weighted by Gasteiger charge is -2.23. The van der Waals surface area contributed by atoms with E-state index in [0.717, 1.165) is 12.1 Å². The Morgan fingerprint density at radius 1 is 1.00 bits per heavy atom. The van der Waals surface area contributed by atoms with E-state index in [0.29, 0.717) is 5.56 Å². The van der Waals surface area contributed by atoms with Crippen LogP contribution in [-0.2, 0) is 4.79 Å². The molecule has 0 fully saturated rings. The van der Waals surface area contributed by atoms with Gasteiger partial charge in [0.1, 0.15) is 5.82 Å². The zero-order valence-electron chi connectivity index (χ0n) is 13.3. The van der Waals surface area contributed by atoms with E-state index in [1.165, 1.54) is 24.3 Å². The number of nitrogens with one attached hydrogen (secondary N) is 1. The molecule has 1 amide bonds. The summed E-state index contributed by atoms with van der Waals surface area (Å²) in [6.07, 6.45) is -1.20. The molecule has 0 aliphatic rings. The second-order valence-electron chi connectivity index (χ2n) is 5.69. The van der Waals surface area contributed by atoms with E-state index in [1.54, 1.807) is 19.9 Å². The molecule has 24 heavy (non-hydrogen) atoms. The smallest absolute Gasteiger partial charge is 0.227 e. The number of hydrogen-bond acceptors (Lipinski definition) is 2. The van der Waals surface area contributed by atoms with Crippen LogP contribution in [0.1, 0.15) is 37.0 Å². The van der Waals surface area contributed by atoms with Crippen molar-refractivity contribution >= 4 is 5.91 Å². The minimum atomic E-state index is -1.20. The third kappa shape index (κ3) is 4.14. The molecule has 0 radical (unpaired) electrons. The maximum absolute atomic E-state index is 13.2. The molecular weight excluding hydrogens is 319 g/mol. The summed E-state index contributed by atoms with van der Waals surface area (Å²) < 4.78 is 39.4. The third-order valence-corrected chi connectivity index (χ3v) is 3.87. The molecule has 3 atom stereocenters. The molecule has 3 unspecified atom stereocenters. The minimum absolute atomic E-state index is 0.153. The number of amides is 1. The Bertz CT molecular complexity index is 736. The lowest BCUT2D eigenvalue weighted by Crippen LogP contribution is -2.39. The van der Waals surface area contributed by atoms with Crippen LogP contribution in [-0.4, -0.2) is 17.1 Å². The van der Waals surface area contributed by atoms with Gasteiger partial charge < -0.3 is 10.4 Å². The van der Waals surface area contributed by atoms with Crippen LogP contribution in [0.4, 0.5) is 13.2 Å². The Kier molecular flexibility index (Phi) is 5.62. The average molecular weight is 337 g/mol. The molecule has 128 valence electrons. The zero-order chi connectivity index (χ0) is 17.9. The summed E-state index contributed by atoms with van der Waals surface area (Å²) in [5.74, 6) is -3.56. The molecule has 0 spiro atoms. The van der Waals surface area contributed by atoms with Gasteiger partial charge in [0.15, 0.2) is 11.6 Å². The first-order valence-electron chi connectivity index (χ1n) is 7.48. The third-order valence-electron chi connectivity index (χ3n) is 3.87. The Hall–Kier alpha value is -2.34. The molecule has 6 heteroatoms. The lowest BCUT2D eigenvalue weighted by molar-refractivity contribution is -0.123. The summed E-state index contributed by atoms with van der Waals surface area (Å²) in [7, 11) is 0. The van der Waals surface area contributed by atoms with Gasteiger partial charge in [-0.15, -0.1) is 0 Å². The van der Waals surface area contributed by atoms with Crippen LogP contribution >= 0.6 is 0 Å². The van der Waals surface area contributed by atoms with E-state index >= 15 is 0 Å². The van der Waals surface area contributed by atoms with E-state index in [1.807, 2.05) is 0 Å². The van der Waals surface area contributed by atoms with Crippen molar-refractivity contribution in [2.75, 3.05) is 0 Å². The number of rotatable bonds is 5. The Morgan fingerprint density at radius 2 is 1.71 bits per heavy atom. The predicted octanol–water partition coefficient (Wildman–Crippen LogP) is 3.45. The highest BCUT2D eigenvalue weighted by molar-refractivity contribution is 5.83. The molecule has 0 bridgehead atoms. The van der Waals surface area contributed by atoms with Gasteiger partial charge in [-0.2, -0.15) is 0 Å². The summed E-state index contributed by atoms with van der Waals surface area (Å²) in [6, 6.07) is 8.00. The van der Waals surface area contributed by atoms with E-state index in [-0.39, 0.29) is 5.56 Å². The number of carbonyl (C=O) groups is 1. The van der Waals surface area contributed by atoms with Crippen molar-refractivity contribution in [2.24, 2.45) is 0 Å². The van der Waals surface area contributed by atoms with E-state index in [4.69, 9.17) is 0 Å². The van der Waals surface area contributed by atoms with Crippen LogP contribution in [0.25, 0.3) is 0 Å². The number of halogens is 3. The van der Waals surface area contributed by atoms with Crippen molar-refractivity contribution in [3.63, 3.8) is 0 Å². The first kappa shape index (κ1) is 18.0. The molecular formula is C18H18F3NO2. The Balaban J connectivity index is 2.06. The summed E-state index contributed by atoms with van der Waals surface area (Å²) in [5.41, 5.74) is 0.655. The monoisotopic (exact) mass is 337 g/mol. The van der Waals surface area contributed by atoms with Gasteiger partial charge in [0.2, 0.25) is 5.91 Å². The molecule has 0 aromatic heterocycles. The number of hydrogen-bond donors (Lipinski definition) is 2. The van der Waals surface area contributed by atoms with Gasteiger partial charge in [0.25, 0.3) is 0 Å². The summed E-state index contributed by atoms with van der Waals surface area (Å²) in [4.78, 5) is 12.2. The predicted molar refractivity (Wildman–Crippen MR) is 83.7 cm³/mol. The van der Waals surface area contributed by atoms with E-state index < -0.39 is 41.4 Å². The molecule has 0 heterocycles. The molecule has 2 aromatic rings. The first-order valence-corrected chi connectivity index (χ1v) is 7.48. The van der Waals surface area contributed by atoms with Gasteiger partial charge in [-0.1, -0.05) is 18.2 Å². The number of aliphatic hydroxyl groups excluding tert-OH is 1. The molecule has 0 aliphatic heterocycles. The molecule has 0 saturated carbocycles. The molecule has 0 saturated heterocycles. The largest absolute Gasteiger partial charge is 0.386 e. The summed E-state index contributed by atoms with van der Waals surface area (Å²) in [6.45, 7) is 3.16. The topological polar surface area (TPSA) is 49.3 Å². The molecule has 2 rings (SSSR count). The van der Waals surface area contributed by atoms with Gasteiger partial charge >= 0.3 is 0 Å². The van der Waals surface area contributed by atoms with Crippen LogP contribution in [0.2, 0.25) is 0 Å². The molecule has 2 N–H and O–H groups in total. The standard InChI is InChI=1S/C18H18F3NO2/c1-10(12-4-3-5-14(19)8-12)18(24)22-11(2)17(23)13-6-7-15(20)16(21)9-13/h3-11,17,23H,1-2H3,(H,22,24). The van der Waals surface area contributed by atoms with Gasteiger partial charge in [0.05, 0.1) is 18.1 Å². The Labute approximate surface area is 138 Å². The van der Waals surface area contributed by atoms with Crippen molar-refractivity contribution < 1.29 is 23.1 Å². The van der Waals surface area contributed by atoms with Gasteiger partial charge in [-0.3, -0.25) is 4.79 Å². The van der Waals surface area contributed by atoms with Gasteiger partial charge in [-0.05, 0) is 49.2 Å². The van der Waals surface area contributed by atoms with E-state index in [9.17, 15) is 23.1 Å². The minimum Gasteiger partial charge on any atom is -0.386 e. The van der Waals surface area contributed by atoms with Gasteiger partial charge in [-0.25, -0.2) is 13.2 Å². The van der Waals surface area contributed by atoms with Crippen LogP contribution in [0.3, 0.4) is 0 Å². The highest BCUT2D eigenvalue weighted by Crippen LogP contribution is 2.21. The number of aliphatic hydroxyl groups is 1. The van der Waals surface area contributed by atoms with E-state index in [2.05, 4.69) is 5.32 Å². The zero-order valence-corrected chi connectivity index (χ0v) is 13.3. The second kappa shape index (κ2) is 7.49. The lowest BCUT2D eigenvalue weighted by atomic mass is 9.98. The highest BCUT2D eigenvalue weighted by Gasteiger charge is 2.23.